The molecule has 1 aromatic carbocycles. The Morgan fingerprint density at radius 2 is 2.07 bits per heavy atom. The van der Waals surface area contributed by atoms with Crippen LogP contribution in [0, 0.1) is 10.5 Å². The summed E-state index contributed by atoms with van der Waals surface area (Å²) in [5.41, 5.74) is 2.23. The van der Waals surface area contributed by atoms with Crippen molar-refractivity contribution in [2.24, 2.45) is 0 Å². The number of carbonyl (C=O) groups excluding carboxylic acids is 1. The Balaban J connectivity index is 2.01. The molecule has 10 heteroatoms. The van der Waals surface area contributed by atoms with Gasteiger partial charge in [0.25, 0.3) is 5.91 Å². The minimum absolute atomic E-state index is 0.0165. The van der Waals surface area contributed by atoms with Crippen LogP contribution in [-0.2, 0) is 0 Å². The van der Waals surface area contributed by atoms with Crippen molar-refractivity contribution in [2.45, 2.75) is 33.0 Å². The van der Waals surface area contributed by atoms with Crippen molar-refractivity contribution in [3.63, 3.8) is 0 Å². The smallest absolute Gasteiger partial charge is 0.253 e. The Bertz CT molecular complexity index is 1090. The first-order valence-electron chi connectivity index (χ1n) is 9.09. The van der Waals surface area contributed by atoms with Crippen molar-refractivity contribution >= 4 is 61.7 Å². The molecule has 0 saturated heterocycles. The summed E-state index contributed by atoms with van der Waals surface area (Å²) in [7, 11) is 0. The molecule has 158 valence electrons. The number of hydrogen-bond donors (Lipinski definition) is 3. The predicted octanol–water partition coefficient (Wildman–Crippen LogP) is 4.84. The van der Waals surface area contributed by atoms with Crippen LogP contribution in [0.4, 0.5) is 5.69 Å². The molecule has 0 fully saturated rings. The maximum atomic E-state index is 12.7. The minimum atomic E-state index is -1.17. The van der Waals surface area contributed by atoms with Crippen LogP contribution >= 0.6 is 50.1 Å². The molecule has 2 heterocycles. The number of amides is 1. The van der Waals surface area contributed by atoms with E-state index in [1.54, 1.807) is 30.5 Å². The van der Waals surface area contributed by atoms with Gasteiger partial charge in [-0.05, 0) is 95.2 Å². The maximum absolute atomic E-state index is 12.7. The van der Waals surface area contributed by atoms with Crippen LogP contribution in [0.2, 0.25) is 5.02 Å². The lowest BCUT2D eigenvalue weighted by Crippen LogP contribution is -2.31. The number of nitrogens with zero attached hydrogens (tertiary/aromatic N) is 3. The highest BCUT2D eigenvalue weighted by molar-refractivity contribution is 14.1. The number of benzene rings is 1. The highest BCUT2D eigenvalue weighted by atomic mass is 127. The van der Waals surface area contributed by atoms with E-state index in [1.807, 2.05) is 26.8 Å². The zero-order valence-corrected chi connectivity index (χ0v) is 20.9. The third-order valence-electron chi connectivity index (χ3n) is 4.17. The van der Waals surface area contributed by atoms with Gasteiger partial charge < -0.3 is 15.7 Å². The van der Waals surface area contributed by atoms with Crippen LogP contribution in [0.25, 0.3) is 5.82 Å². The molecule has 0 aliphatic heterocycles. The predicted molar refractivity (Wildman–Crippen MR) is 129 cm³/mol. The van der Waals surface area contributed by atoms with Crippen molar-refractivity contribution in [1.82, 2.24) is 20.1 Å². The summed E-state index contributed by atoms with van der Waals surface area (Å²) < 4.78 is 2.89. The van der Waals surface area contributed by atoms with E-state index in [1.165, 1.54) is 4.68 Å². The lowest BCUT2D eigenvalue weighted by atomic mass is 10.1. The van der Waals surface area contributed by atoms with E-state index in [0.29, 0.717) is 32.4 Å². The van der Waals surface area contributed by atoms with Gasteiger partial charge in [-0.3, -0.25) is 4.79 Å². The highest BCUT2D eigenvalue weighted by Crippen LogP contribution is 2.30. The van der Waals surface area contributed by atoms with E-state index in [2.05, 4.69) is 59.2 Å². The van der Waals surface area contributed by atoms with Crippen molar-refractivity contribution in [1.29, 1.82) is 0 Å². The molecule has 0 aliphatic carbocycles. The molecule has 3 N–H and O–H groups in total. The topological polar surface area (TPSA) is 92.1 Å². The average Bonchev–Trinajstić information content (AvgIpc) is 3.05. The second-order valence-electron chi connectivity index (χ2n) is 6.93. The van der Waals surface area contributed by atoms with Gasteiger partial charge in [-0.15, -0.1) is 0 Å². The number of anilines is 1. The zero-order valence-electron chi connectivity index (χ0n) is 16.4. The summed E-state index contributed by atoms with van der Waals surface area (Å²) in [5.74, 6) is 0.168. The summed E-state index contributed by atoms with van der Waals surface area (Å²) in [5, 5.41) is 21.7. The first-order valence-corrected chi connectivity index (χ1v) is 11.3. The van der Waals surface area contributed by atoms with E-state index in [-0.39, 0.29) is 11.9 Å². The molecule has 7 nitrogen and oxygen atoms in total. The molecule has 0 aliphatic rings. The van der Waals surface area contributed by atoms with Gasteiger partial charge in [0.1, 0.15) is 4.60 Å². The first-order chi connectivity index (χ1) is 14.2. The fourth-order valence-corrected chi connectivity index (χ4v) is 4.30. The first kappa shape index (κ1) is 23.0. The summed E-state index contributed by atoms with van der Waals surface area (Å²) in [6, 6.07) is 8.78. The van der Waals surface area contributed by atoms with Crippen molar-refractivity contribution in [3.8, 4) is 5.82 Å². The molecule has 2 aromatic heterocycles. The quantitative estimate of drug-likeness (QED) is 0.277. The van der Waals surface area contributed by atoms with Crippen molar-refractivity contribution < 1.29 is 9.90 Å². The van der Waals surface area contributed by atoms with Gasteiger partial charge in [-0.1, -0.05) is 11.6 Å². The molecular formula is C20H20BrClIN5O2. The van der Waals surface area contributed by atoms with E-state index in [9.17, 15) is 9.90 Å². The fourth-order valence-electron chi connectivity index (χ4n) is 2.93. The minimum Gasteiger partial charge on any atom is -0.368 e. The normalized spacial score (nSPS) is 12.1. The SMILES string of the molecule is Cc1cc(I)cc(C(=O)NC(C)C)c1NC(O)c1cc(Br)nn1-c1ncccc1Cl. The van der Waals surface area contributed by atoms with Gasteiger partial charge in [0.2, 0.25) is 0 Å². The summed E-state index contributed by atoms with van der Waals surface area (Å²) in [6.07, 6.45) is 0.420. The van der Waals surface area contributed by atoms with Crippen LogP contribution in [0.1, 0.15) is 41.7 Å². The largest absolute Gasteiger partial charge is 0.368 e. The van der Waals surface area contributed by atoms with Crippen molar-refractivity contribution in [3.05, 3.63) is 66.5 Å². The van der Waals surface area contributed by atoms with Crippen LogP contribution in [-0.4, -0.2) is 31.8 Å². The molecule has 0 spiro atoms. The molecular weight excluding hydrogens is 585 g/mol. The van der Waals surface area contributed by atoms with Gasteiger partial charge in [-0.25, -0.2) is 9.67 Å². The van der Waals surface area contributed by atoms with Gasteiger partial charge in [0.15, 0.2) is 12.0 Å². The number of rotatable bonds is 6. The lowest BCUT2D eigenvalue weighted by molar-refractivity contribution is 0.0943. The Labute approximate surface area is 201 Å². The number of aryl methyl sites for hydroxylation is 1. The number of aliphatic hydroxyl groups excluding tert-OH is 1. The number of hydrogen-bond acceptors (Lipinski definition) is 5. The molecule has 0 radical (unpaired) electrons. The Kier molecular flexibility index (Phi) is 7.38. The van der Waals surface area contributed by atoms with Crippen LogP contribution in [0.5, 0.6) is 0 Å². The summed E-state index contributed by atoms with van der Waals surface area (Å²) in [6.45, 7) is 5.67. The third kappa shape index (κ3) is 5.13. The summed E-state index contributed by atoms with van der Waals surface area (Å²) in [4.78, 5) is 17.0. The Morgan fingerprint density at radius 3 is 2.73 bits per heavy atom. The van der Waals surface area contributed by atoms with Gasteiger partial charge in [0, 0.05) is 15.8 Å². The molecule has 3 rings (SSSR count). The maximum Gasteiger partial charge on any atom is 0.253 e. The van der Waals surface area contributed by atoms with Crippen LogP contribution in [0.15, 0.2) is 41.1 Å². The molecule has 3 aromatic rings. The lowest BCUT2D eigenvalue weighted by Gasteiger charge is -2.21. The second-order valence-corrected chi connectivity index (χ2v) is 9.40. The number of carbonyl (C=O) groups is 1. The zero-order chi connectivity index (χ0) is 22.0. The highest BCUT2D eigenvalue weighted by Gasteiger charge is 2.22. The van der Waals surface area contributed by atoms with E-state index < -0.39 is 6.23 Å². The van der Waals surface area contributed by atoms with Crippen molar-refractivity contribution in [2.75, 3.05) is 5.32 Å². The Morgan fingerprint density at radius 1 is 1.33 bits per heavy atom. The molecule has 0 bridgehead atoms. The van der Waals surface area contributed by atoms with Gasteiger partial charge in [-0.2, -0.15) is 5.10 Å². The summed E-state index contributed by atoms with van der Waals surface area (Å²) >= 11 is 11.8. The number of pyridine rings is 1. The number of aliphatic hydroxyl groups is 1. The van der Waals surface area contributed by atoms with E-state index >= 15 is 0 Å². The monoisotopic (exact) mass is 603 g/mol. The molecule has 1 amide bonds. The Hall–Kier alpha value is -1.69. The van der Waals surface area contributed by atoms with Crippen LogP contribution < -0.4 is 10.6 Å². The molecule has 0 saturated carbocycles. The average molecular weight is 605 g/mol. The molecule has 1 unspecified atom stereocenters. The molecule has 1 atom stereocenters. The fraction of sp³-hybridized carbons (Fsp3) is 0.250. The molecule has 30 heavy (non-hydrogen) atoms. The number of aromatic nitrogens is 3. The number of halogens is 3. The van der Waals surface area contributed by atoms with Crippen LogP contribution in [0.3, 0.4) is 0 Å². The second kappa shape index (κ2) is 9.63. The van der Waals surface area contributed by atoms with Gasteiger partial charge >= 0.3 is 0 Å². The van der Waals surface area contributed by atoms with E-state index in [0.717, 1.165) is 9.13 Å². The standard InChI is InChI=1S/C20H20BrClIN5O2/c1-10(2)25-19(29)13-8-12(23)7-11(3)17(13)26-20(30)15-9-16(21)27-28(15)18-14(22)5-4-6-24-18/h4-10,20,26,30H,1-3H3,(H,25,29). The van der Waals surface area contributed by atoms with E-state index in [4.69, 9.17) is 11.6 Å². The third-order valence-corrected chi connectivity index (χ3v) is 5.48. The number of nitrogens with one attached hydrogen (secondary N) is 2. The van der Waals surface area contributed by atoms with Gasteiger partial charge in [0.05, 0.1) is 22.0 Å².